The van der Waals surface area contributed by atoms with Gasteiger partial charge in [0.1, 0.15) is 11.5 Å². The largest absolute Gasteiger partial charge is 0.457 e. The first-order valence-electron chi connectivity index (χ1n) is 19.4. The first kappa shape index (κ1) is 30.7. The van der Waals surface area contributed by atoms with Crippen LogP contribution in [0.2, 0.25) is 0 Å². The topological polar surface area (TPSA) is 9.23 Å². The molecule has 1 heteroatoms. The minimum absolute atomic E-state index is 0.287. The van der Waals surface area contributed by atoms with Crippen molar-refractivity contribution in [2.75, 3.05) is 0 Å². The van der Waals surface area contributed by atoms with Crippen molar-refractivity contribution in [3.63, 3.8) is 0 Å². The van der Waals surface area contributed by atoms with E-state index in [9.17, 15) is 0 Å². The Morgan fingerprint density at radius 3 is 1.73 bits per heavy atom. The van der Waals surface area contributed by atoms with E-state index in [0.717, 1.165) is 29.0 Å². The summed E-state index contributed by atoms with van der Waals surface area (Å²) in [6.07, 6.45) is 3.48. The summed E-state index contributed by atoms with van der Waals surface area (Å²) < 4.78 is 6.78. The van der Waals surface area contributed by atoms with E-state index < -0.39 is 5.41 Å². The molecule has 0 aromatic heterocycles. The molecular weight excluding hydrogens is 665 g/mol. The number of allylic oxidation sites excluding steroid dienone is 1. The standard InChI is InChI=1S/C54H36O/c1-3-17-39(18-4-1)53(40-19-5-2-6-20-40)47-25-13-14-26-51(47)55-52-30-28-38(34-50(52)53)37-27-29-43-41-21-9-11-23-45(41)54(48(43)33-37)46-24-12-10-22-42(46)44-31-35-15-7-8-16-36(35)32-49(44)54/h1-31,33-34,49H,32H2. The third kappa shape index (κ3) is 4.02. The summed E-state index contributed by atoms with van der Waals surface area (Å²) >= 11 is 0. The molecule has 0 amide bonds. The van der Waals surface area contributed by atoms with Gasteiger partial charge in [-0.05, 0) is 103 Å². The van der Waals surface area contributed by atoms with E-state index in [2.05, 4.69) is 200 Å². The van der Waals surface area contributed by atoms with Crippen LogP contribution in [0.5, 0.6) is 11.5 Å². The molecule has 0 radical (unpaired) electrons. The van der Waals surface area contributed by atoms with E-state index in [-0.39, 0.29) is 11.3 Å². The predicted molar refractivity (Wildman–Crippen MR) is 224 cm³/mol. The second-order valence-corrected chi connectivity index (χ2v) is 15.5. The molecule has 0 saturated heterocycles. The summed E-state index contributed by atoms with van der Waals surface area (Å²) in [4.78, 5) is 0. The smallest absolute Gasteiger partial charge is 0.132 e. The Bertz CT molecular complexity index is 2840. The molecule has 0 bridgehead atoms. The van der Waals surface area contributed by atoms with E-state index >= 15 is 0 Å². The molecule has 1 spiro atoms. The van der Waals surface area contributed by atoms with Crippen LogP contribution in [0.1, 0.15) is 55.6 Å². The van der Waals surface area contributed by atoms with Gasteiger partial charge in [-0.25, -0.2) is 0 Å². The number of ether oxygens (including phenoxy) is 1. The Morgan fingerprint density at radius 2 is 0.964 bits per heavy atom. The fourth-order valence-electron chi connectivity index (χ4n) is 10.9. The van der Waals surface area contributed by atoms with Gasteiger partial charge >= 0.3 is 0 Å². The van der Waals surface area contributed by atoms with Crippen molar-refractivity contribution in [2.24, 2.45) is 5.92 Å². The van der Waals surface area contributed by atoms with Crippen molar-refractivity contribution in [1.29, 1.82) is 0 Å². The SMILES string of the molecule is C1=C2c3ccccc3C3(c4ccccc4-c4ccc(-c5ccc6c(c5)C(c5ccccc5)(c5ccccc5)c5ccccc5O6)cc43)C2Cc2ccccc21. The Morgan fingerprint density at radius 1 is 0.418 bits per heavy atom. The highest BCUT2D eigenvalue weighted by Gasteiger charge is 2.57. The maximum Gasteiger partial charge on any atom is 0.132 e. The van der Waals surface area contributed by atoms with Crippen LogP contribution < -0.4 is 4.74 Å². The molecular formula is C54H36O. The fourth-order valence-corrected chi connectivity index (χ4v) is 10.9. The molecule has 0 N–H and O–H groups in total. The van der Waals surface area contributed by atoms with Crippen LogP contribution in [0, 0.1) is 5.92 Å². The Labute approximate surface area is 321 Å². The maximum absolute atomic E-state index is 6.78. The lowest BCUT2D eigenvalue weighted by molar-refractivity contribution is 0.434. The van der Waals surface area contributed by atoms with E-state index in [0.29, 0.717) is 0 Å². The number of fused-ring (bicyclic) bond motifs is 13. The van der Waals surface area contributed by atoms with Gasteiger partial charge in [0.25, 0.3) is 0 Å². The van der Waals surface area contributed by atoms with Crippen molar-refractivity contribution in [3.05, 3.63) is 250 Å². The highest BCUT2D eigenvalue weighted by atomic mass is 16.5. The first-order chi connectivity index (χ1) is 27.3. The Balaban J connectivity index is 1.11. The molecule has 2 atom stereocenters. The van der Waals surface area contributed by atoms with Gasteiger partial charge in [0.15, 0.2) is 0 Å². The van der Waals surface area contributed by atoms with Crippen molar-refractivity contribution in [3.8, 4) is 33.8 Å². The van der Waals surface area contributed by atoms with Crippen molar-refractivity contribution in [1.82, 2.24) is 0 Å². The molecule has 2 unspecified atom stereocenters. The number of benzene rings is 8. The molecule has 8 aromatic rings. The zero-order valence-electron chi connectivity index (χ0n) is 30.2. The maximum atomic E-state index is 6.78. The fraction of sp³-hybridized carbons (Fsp3) is 0.0741. The average molecular weight is 701 g/mol. The molecule has 3 aliphatic carbocycles. The molecule has 12 rings (SSSR count). The van der Waals surface area contributed by atoms with Gasteiger partial charge in [0, 0.05) is 17.0 Å². The lowest BCUT2D eigenvalue weighted by Gasteiger charge is -2.41. The zero-order chi connectivity index (χ0) is 36.1. The third-order valence-electron chi connectivity index (χ3n) is 13.1. The van der Waals surface area contributed by atoms with Gasteiger partial charge in [-0.15, -0.1) is 0 Å². The second-order valence-electron chi connectivity index (χ2n) is 15.5. The molecule has 8 aromatic carbocycles. The van der Waals surface area contributed by atoms with E-state index in [1.807, 2.05) is 0 Å². The molecule has 1 nitrogen and oxygen atoms in total. The quantitative estimate of drug-likeness (QED) is 0.178. The van der Waals surface area contributed by atoms with Gasteiger partial charge in [-0.3, -0.25) is 0 Å². The highest BCUT2D eigenvalue weighted by Crippen LogP contribution is 2.66. The highest BCUT2D eigenvalue weighted by molar-refractivity contribution is 5.98. The van der Waals surface area contributed by atoms with Crippen LogP contribution in [-0.2, 0) is 17.3 Å². The van der Waals surface area contributed by atoms with Crippen molar-refractivity contribution < 1.29 is 4.74 Å². The zero-order valence-corrected chi connectivity index (χ0v) is 30.2. The Kier molecular flexibility index (Phi) is 6.37. The Hall–Kier alpha value is -6.70. The molecule has 55 heavy (non-hydrogen) atoms. The summed E-state index contributed by atoms with van der Waals surface area (Å²) in [6, 6.07) is 72.0. The number of para-hydroxylation sites is 1. The number of hydrogen-bond acceptors (Lipinski definition) is 1. The minimum atomic E-state index is -0.573. The van der Waals surface area contributed by atoms with Crippen LogP contribution in [0.3, 0.4) is 0 Å². The lowest BCUT2D eigenvalue weighted by atomic mass is 9.63. The van der Waals surface area contributed by atoms with Crippen LogP contribution in [0.15, 0.2) is 194 Å². The van der Waals surface area contributed by atoms with E-state index in [1.54, 1.807) is 0 Å². The van der Waals surface area contributed by atoms with Crippen LogP contribution in [-0.4, -0.2) is 0 Å². The van der Waals surface area contributed by atoms with Gasteiger partial charge in [0.2, 0.25) is 0 Å². The molecule has 0 saturated carbocycles. The summed E-state index contributed by atoms with van der Waals surface area (Å²) in [6.45, 7) is 0. The van der Waals surface area contributed by atoms with Crippen LogP contribution in [0.4, 0.5) is 0 Å². The number of rotatable bonds is 3. The van der Waals surface area contributed by atoms with Crippen LogP contribution in [0.25, 0.3) is 33.9 Å². The molecule has 4 aliphatic rings. The summed E-state index contributed by atoms with van der Waals surface area (Å²) in [5.41, 5.74) is 18.8. The summed E-state index contributed by atoms with van der Waals surface area (Å²) in [5.74, 6) is 2.07. The van der Waals surface area contributed by atoms with E-state index in [1.165, 1.54) is 72.3 Å². The van der Waals surface area contributed by atoms with Gasteiger partial charge in [-0.2, -0.15) is 0 Å². The van der Waals surface area contributed by atoms with Crippen LogP contribution >= 0.6 is 0 Å². The van der Waals surface area contributed by atoms with Gasteiger partial charge in [-0.1, -0.05) is 176 Å². The first-order valence-corrected chi connectivity index (χ1v) is 19.4. The molecule has 1 heterocycles. The monoisotopic (exact) mass is 700 g/mol. The predicted octanol–water partition coefficient (Wildman–Crippen LogP) is 12.9. The number of hydrogen-bond donors (Lipinski definition) is 0. The summed E-state index contributed by atoms with van der Waals surface area (Å²) in [7, 11) is 0. The molecule has 1 aliphatic heterocycles. The van der Waals surface area contributed by atoms with Crippen molar-refractivity contribution in [2.45, 2.75) is 17.3 Å². The average Bonchev–Trinajstić information content (AvgIpc) is 3.71. The van der Waals surface area contributed by atoms with Gasteiger partial charge < -0.3 is 4.74 Å². The van der Waals surface area contributed by atoms with Gasteiger partial charge in [0.05, 0.1) is 10.8 Å². The molecule has 258 valence electrons. The third-order valence-corrected chi connectivity index (χ3v) is 13.1. The summed E-state index contributed by atoms with van der Waals surface area (Å²) in [5, 5.41) is 0. The second kappa shape index (κ2) is 11.4. The van der Waals surface area contributed by atoms with Crippen molar-refractivity contribution >= 4 is 11.6 Å². The van der Waals surface area contributed by atoms with E-state index in [4.69, 9.17) is 4.74 Å². The molecule has 0 fully saturated rings. The normalized spacial score (nSPS) is 18.8. The minimum Gasteiger partial charge on any atom is -0.457 e. The lowest BCUT2D eigenvalue weighted by Crippen LogP contribution is -2.34.